The molecule has 2 heteroatoms. The molecule has 0 saturated heterocycles. The monoisotopic (exact) mass is 316 g/mol. The van der Waals surface area contributed by atoms with Gasteiger partial charge in [-0.05, 0) is 0 Å². The molecule has 0 heterocycles. The first-order valence-corrected chi connectivity index (χ1v) is 20.6. The molecule has 1 aliphatic rings. The van der Waals surface area contributed by atoms with Gasteiger partial charge in [0, 0.05) is 0 Å². The first-order valence-electron chi connectivity index (χ1n) is 5.58. The van der Waals surface area contributed by atoms with Crippen molar-refractivity contribution in [3.8, 4) is 0 Å². The fourth-order valence-electron chi connectivity index (χ4n) is 1.76. The van der Waals surface area contributed by atoms with Crippen LogP contribution in [-0.2, 0) is 0 Å². The first-order chi connectivity index (χ1) is 6.21. The van der Waals surface area contributed by atoms with E-state index < -0.39 is 26.5 Å². The molecule has 0 amide bonds. The van der Waals surface area contributed by atoms with Crippen LogP contribution in [0.5, 0.6) is 0 Å². The van der Waals surface area contributed by atoms with Crippen LogP contribution in [0.15, 0.2) is 24.3 Å². The Hall–Kier alpha value is 0.566. The van der Waals surface area contributed by atoms with E-state index in [1.165, 1.54) is 0 Å². The van der Waals surface area contributed by atoms with E-state index in [-0.39, 0.29) is 0 Å². The molecule has 0 aromatic rings. The Kier molecular flexibility index (Phi) is 3.80. The summed E-state index contributed by atoms with van der Waals surface area (Å²) in [6.07, 6.45) is 10.0. The van der Waals surface area contributed by atoms with Crippen LogP contribution in [0.4, 0.5) is 0 Å². The van der Waals surface area contributed by atoms with Crippen LogP contribution in [0.1, 0.15) is 0 Å². The molecule has 0 saturated carbocycles. The molecule has 0 nitrogen and oxygen atoms in total. The Bertz CT molecular complexity index is 210. The fraction of sp³-hybridized carbons (Fsp3) is 0.667. The third-order valence-electron chi connectivity index (χ3n) is 3.05. The molecule has 14 heavy (non-hydrogen) atoms. The van der Waals surface area contributed by atoms with E-state index in [0.29, 0.717) is 0 Å². The Morgan fingerprint density at radius 1 is 0.571 bits per heavy atom. The van der Waals surface area contributed by atoms with Gasteiger partial charge in [0.1, 0.15) is 0 Å². The summed E-state index contributed by atoms with van der Waals surface area (Å²) in [7, 11) is 0. The van der Waals surface area contributed by atoms with Crippen molar-refractivity contribution < 1.29 is 0 Å². The average molecular weight is 314 g/mol. The van der Waals surface area contributed by atoms with E-state index in [1.54, 1.807) is 0 Å². The van der Waals surface area contributed by atoms with Gasteiger partial charge in [-0.3, -0.25) is 0 Å². The van der Waals surface area contributed by atoms with Crippen molar-refractivity contribution in [3.63, 3.8) is 0 Å². The summed E-state index contributed by atoms with van der Waals surface area (Å²) in [5.74, 6) is 15.0. The van der Waals surface area contributed by atoms with Crippen molar-refractivity contribution in [2.24, 2.45) is 0 Å². The second-order valence-corrected chi connectivity index (χ2v) is 29.2. The molecular formula is C12H24Ge2. The zero-order valence-corrected chi connectivity index (χ0v) is 14.7. The molecule has 0 radical (unpaired) electrons. The Labute approximate surface area is 94.6 Å². The quantitative estimate of drug-likeness (QED) is 0.519. The van der Waals surface area contributed by atoms with E-state index in [2.05, 4.69) is 58.8 Å². The number of hydrogen-bond acceptors (Lipinski definition) is 0. The Balaban J connectivity index is 2.72. The van der Waals surface area contributed by atoms with Gasteiger partial charge < -0.3 is 0 Å². The summed E-state index contributed by atoms with van der Waals surface area (Å²) >= 11 is -2.96. The van der Waals surface area contributed by atoms with Gasteiger partial charge in [-0.15, -0.1) is 0 Å². The molecule has 80 valence electrons. The second-order valence-electron chi connectivity index (χ2n) is 6.55. The van der Waals surface area contributed by atoms with E-state index in [0.717, 1.165) is 9.50 Å². The van der Waals surface area contributed by atoms with Crippen molar-refractivity contribution in [1.29, 1.82) is 0 Å². The summed E-state index contributed by atoms with van der Waals surface area (Å²) in [5, 5.41) is 0. The Morgan fingerprint density at radius 2 is 0.786 bits per heavy atom. The standard InChI is InChI=1S/C12H24Ge2/c1-13(2,3)11-7-9-12(10-8-11)14(4,5)6/h7-12H,1-6H3. The SMILES string of the molecule is [CH3][Ge]([CH3])([CH3])[CH]1C=C[CH]([Ge]([CH3])([CH3])[CH3])C=C1. The summed E-state index contributed by atoms with van der Waals surface area (Å²) in [6.45, 7) is 0. The van der Waals surface area contributed by atoms with Gasteiger partial charge in [-0.1, -0.05) is 0 Å². The predicted molar refractivity (Wildman–Crippen MR) is 72.5 cm³/mol. The van der Waals surface area contributed by atoms with Crippen LogP contribution in [0.3, 0.4) is 0 Å². The second kappa shape index (κ2) is 4.21. The van der Waals surface area contributed by atoms with Gasteiger partial charge in [-0.2, -0.15) is 0 Å². The van der Waals surface area contributed by atoms with Gasteiger partial charge in [0.25, 0.3) is 0 Å². The van der Waals surface area contributed by atoms with Gasteiger partial charge in [0.05, 0.1) is 0 Å². The molecule has 0 N–H and O–H groups in total. The van der Waals surface area contributed by atoms with E-state index in [1.807, 2.05) is 0 Å². The predicted octanol–water partition coefficient (Wildman–Crippen LogP) is 4.53. The molecule has 0 fully saturated rings. The van der Waals surface area contributed by atoms with Gasteiger partial charge in [0.15, 0.2) is 0 Å². The van der Waals surface area contributed by atoms with E-state index in [9.17, 15) is 0 Å². The van der Waals surface area contributed by atoms with Gasteiger partial charge in [-0.25, -0.2) is 0 Å². The summed E-state index contributed by atoms with van der Waals surface area (Å²) in [4.78, 5) is 0. The van der Waals surface area contributed by atoms with Gasteiger partial charge in [0.2, 0.25) is 0 Å². The summed E-state index contributed by atoms with van der Waals surface area (Å²) in [5.41, 5.74) is 0. The van der Waals surface area contributed by atoms with Gasteiger partial charge >= 0.3 is 94.9 Å². The topological polar surface area (TPSA) is 0 Å². The number of rotatable bonds is 2. The average Bonchev–Trinajstić information content (AvgIpc) is 2.01. The minimum absolute atomic E-state index is 0.816. The third kappa shape index (κ3) is 3.30. The van der Waals surface area contributed by atoms with Crippen LogP contribution in [-0.4, -0.2) is 26.5 Å². The van der Waals surface area contributed by atoms with Crippen molar-refractivity contribution >= 4 is 26.5 Å². The molecule has 0 aromatic carbocycles. The van der Waals surface area contributed by atoms with E-state index in [4.69, 9.17) is 0 Å². The molecule has 1 aliphatic carbocycles. The zero-order chi connectivity index (χ0) is 11.0. The van der Waals surface area contributed by atoms with Crippen molar-refractivity contribution in [3.05, 3.63) is 24.3 Å². The maximum absolute atomic E-state index is 2.50. The molecule has 0 spiro atoms. The summed E-state index contributed by atoms with van der Waals surface area (Å²) in [6, 6.07) is 0. The Morgan fingerprint density at radius 3 is 0.929 bits per heavy atom. The van der Waals surface area contributed by atoms with E-state index >= 15 is 0 Å². The van der Waals surface area contributed by atoms with Crippen molar-refractivity contribution in [2.75, 3.05) is 0 Å². The fourth-order valence-corrected chi connectivity index (χ4v) is 7.54. The van der Waals surface area contributed by atoms with Crippen LogP contribution in [0, 0.1) is 0 Å². The molecule has 0 atom stereocenters. The maximum atomic E-state index is 2.50. The van der Waals surface area contributed by atoms with Crippen LogP contribution in [0.2, 0.25) is 44.0 Å². The minimum atomic E-state index is -1.48. The van der Waals surface area contributed by atoms with Crippen LogP contribution < -0.4 is 0 Å². The molecular weight excluding hydrogens is 289 g/mol. The normalized spacial score (nSPS) is 28.1. The summed E-state index contributed by atoms with van der Waals surface area (Å²) < 4.78 is 1.63. The van der Waals surface area contributed by atoms with Crippen LogP contribution in [0.25, 0.3) is 0 Å². The van der Waals surface area contributed by atoms with Crippen molar-refractivity contribution in [2.45, 2.75) is 44.0 Å². The third-order valence-corrected chi connectivity index (χ3v) is 13.1. The molecule has 0 unspecified atom stereocenters. The molecule has 0 aromatic heterocycles. The zero-order valence-electron chi connectivity index (χ0n) is 10.5. The number of hydrogen-bond donors (Lipinski definition) is 0. The molecule has 0 aliphatic heterocycles. The molecule has 0 bridgehead atoms. The van der Waals surface area contributed by atoms with Crippen molar-refractivity contribution in [1.82, 2.24) is 0 Å². The van der Waals surface area contributed by atoms with Crippen LogP contribution >= 0.6 is 0 Å². The first kappa shape index (κ1) is 12.6. The number of allylic oxidation sites excluding steroid dienone is 4. The molecule has 1 rings (SSSR count).